The van der Waals surface area contributed by atoms with Gasteiger partial charge in [0.15, 0.2) is 13.7 Å². The molecule has 0 bridgehead atoms. The van der Waals surface area contributed by atoms with Crippen molar-refractivity contribution >= 4 is 37.5 Å². The van der Waals surface area contributed by atoms with Crippen molar-refractivity contribution in [2.24, 2.45) is 5.41 Å². The van der Waals surface area contributed by atoms with Crippen LogP contribution in [0.1, 0.15) is 53.0 Å². The molecule has 2 rings (SSSR count). The van der Waals surface area contributed by atoms with Crippen molar-refractivity contribution in [2.45, 2.75) is 78.4 Å². The molecule has 8 heteroatoms. The summed E-state index contributed by atoms with van der Waals surface area (Å²) in [4.78, 5) is 25.0. The van der Waals surface area contributed by atoms with Crippen LogP contribution in [0.4, 0.5) is 5.69 Å². The summed E-state index contributed by atoms with van der Waals surface area (Å²) in [6.45, 7) is 15.1. The topological polar surface area (TPSA) is 73.9 Å². The van der Waals surface area contributed by atoms with Gasteiger partial charge in [0.05, 0.1) is 0 Å². The molecule has 168 valence electrons. The lowest BCUT2D eigenvalue weighted by Crippen LogP contribution is -2.51. The molecule has 6 nitrogen and oxygen atoms in total. The maximum Gasteiger partial charge on any atom is 0.329 e. The molecule has 1 aliphatic rings. The minimum absolute atomic E-state index is 0.115. The number of hydrogen-bond acceptors (Lipinski definition) is 6. The lowest BCUT2D eigenvalue weighted by atomic mass is 9.82. The molecule has 1 saturated heterocycles. The highest BCUT2D eigenvalue weighted by Gasteiger charge is 2.51. The zero-order chi connectivity index (χ0) is 22.7. The van der Waals surface area contributed by atoms with Crippen molar-refractivity contribution in [3.8, 4) is 0 Å². The third-order valence-electron chi connectivity index (χ3n) is 6.43. The quantitative estimate of drug-likeness (QED) is 0.316. The number of ether oxygens (including phenoxy) is 2. The molecule has 1 heterocycles. The number of esters is 2. The summed E-state index contributed by atoms with van der Waals surface area (Å²) in [6.07, 6.45) is 0.0638. The average Bonchev–Trinajstić information content (AvgIpc) is 2.63. The van der Waals surface area contributed by atoms with E-state index < -0.39 is 32.1 Å². The van der Waals surface area contributed by atoms with Gasteiger partial charge in [-0.25, -0.2) is 0 Å². The first-order valence-corrected chi connectivity index (χ1v) is 13.8. The molecule has 1 aliphatic heterocycles. The standard InChI is InChI=1S/C22H34ClNO5Si/c1-8-22(9-2)18(25)28-20(29-19(22)26)24-17-12-10-11-16(23)15(17)13-14-27-30(6,7)21(3,4)5/h10-12,20,24H,8-9,13-14H2,1-7H3. The van der Waals surface area contributed by atoms with Crippen LogP contribution >= 0.6 is 11.6 Å². The van der Waals surface area contributed by atoms with Gasteiger partial charge in [0.25, 0.3) is 0 Å². The van der Waals surface area contributed by atoms with E-state index in [1.807, 2.05) is 6.07 Å². The van der Waals surface area contributed by atoms with Crippen LogP contribution in [-0.2, 0) is 29.9 Å². The molecule has 1 N–H and O–H groups in total. The normalized spacial score (nSPS) is 17.5. The van der Waals surface area contributed by atoms with Gasteiger partial charge in [-0.2, -0.15) is 0 Å². The molecule has 0 saturated carbocycles. The van der Waals surface area contributed by atoms with E-state index in [1.165, 1.54) is 0 Å². The van der Waals surface area contributed by atoms with E-state index in [9.17, 15) is 9.59 Å². The zero-order valence-electron chi connectivity index (χ0n) is 19.1. The molecule has 0 unspecified atom stereocenters. The molecular weight excluding hydrogens is 422 g/mol. The van der Waals surface area contributed by atoms with Crippen LogP contribution in [0.3, 0.4) is 0 Å². The maximum atomic E-state index is 12.5. The van der Waals surface area contributed by atoms with E-state index in [0.29, 0.717) is 36.6 Å². The molecule has 0 aliphatic carbocycles. The number of benzene rings is 1. The van der Waals surface area contributed by atoms with Crippen LogP contribution in [-0.4, -0.2) is 33.3 Å². The number of rotatable bonds is 8. The van der Waals surface area contributed by atoms with Crippen molar-refractivity contribution in [1.82, 2.24) is 0 Å². The first kappa shape index (κ1) is 24.7. The Hall–Kier alpha value is -1.57. The molecule has 1 aromatic carbocycles. The van der Waals surface area contributed by atoms with Crippen molar-refractivity contribution in [3.05, 3.63) is 28.8 Å². The van der Waals surface area contributed by atoms with Crippen LogP contribution in [0.5, 0.6) is 0 Å². The highest BCUT2D eigenvalue weighted by molar-refractivity contribution is 6.74. The number of anilines is 1. The van der Waals surface area contributed by atoms with Gasteiger partial charge in [-0.05, 0) is 55.1 Å². The summed E-state index contributed by atoms with van der Waals surface area (Å²) >= 11 is 6.43. The minimum atomic E-state index is -1.88. The van der Waals surface area contributed by atoms with Crippen molar-refractivity contribution < 1.29 is 23.5 Å². The summed E-state index contributed by atoms with van der Waals surface area (Å²) < 4.78 is 17.1. The van der Waals surface area contributed by atoms with E-state index in [2.05, 4.69) is 39.2 Å². The molecule has 0 spiro atoms. The van der Waals surface area contributed by atoms with Gasteiger partial charge >= 0.3 is 18.4 Å². The fraction of sp³-hybridized carbons (Fsp3) is 0.636. The summed E-state index contributed by atoms with van der Waals surface area (Å²) in [5.41, 5.74) is 0.243. The molecule has 1 fully saturated rings. The summed E-state index contributed by atoms with van der Waals surface area (Å²) in [5.74, 6) is -1.13. The highest BCUT2D eigenvalue weighted by Crippen LogP contribution is 2.37. The smallest absolute Gasteiger partial charge is 0.329 e. The molecule has 0 atom stereocenters. The zero-order valence-corrected chi connectivity index (χ0v) is 20.8. The van der Waals surface area contributed by atoms with Gasteiger partial charge in [-0.15, -0.1) is 0 Å². The summed E-state index contributed by atoms with van der Waals surface area (Å²) in [7, 11) is -1.88. The van der Waals surface area contributed by atoms with Crippen LogP contribution in [0.25, 0.3) is 0 Å². The third-order valence-corrected chi connectivity index (χ3v) is 11.3. The second kappa shape index (κ2) is 9.28. The Morgan fingerprint density at radius 2 is 1.70 bits per heavy atom. The number of nitrogens with one attached hydrogen (secondary N) is 1. The fourth-order valence-corrected chi connectivity index (χ4v) is 4.43. The monoisotopic (exact) mass is 455 g/mol. The van der Waals surface area contributed by atoms with Crippen molar-refractivity contribution in [3.63, 3.8) is 0 Å². The van der Waals surface area contributed by atoms with Gasteiger partial charge in [-0.1, -0.05) is 52.3 Å². The first-order valence-electron chi connectivity index (χ1n) is 10.5. The van der Waals surface area contributed by atoms with E-state index in [0.717, 1.165) is 5.56 Å². The van der Waals surface area contributed by atoms with Crippen molar-refractivity contribution in [1.29, 1.82) is 0 Å². The van der Waals surface area contributed by atoms with E-state index in [-0.39, 0.29) is 5.04 Å². The number of cyclic esters (lactones) is 2. The van der Waals surface area contributed by atoms with Crippen molar-refractivity contribution in [2.75, 3.05) is 11.9 Å². The Balaban J connectivity index is 2.12. The van der Waals surface area contributed by atoms with Crippen LogP contribution in [0, 0.1) is 5.41 Å². The van der Waals surface area contributed by atoms with E-state index >= 15 is 0 Å². The van der Waals surface area contributed by atoms with Crippen LogP contribution < -0.4 is 5.32 Å². The Labute approximate surface area is 185 Å². The Morgan fingerprint density at radius 1 is 1.13 bits per heavy atom. The number of carbonyl (C=O) groups excluding carboxylic acids is 2. The largest absolute Gasteiger partial charge is 0.416 e. The molecule has 0 aromatic heterocycles. The third kappa shape index (κ3) is 5.01. The minimum Gasteiger partial charge on any atom is -0.416 e. The Kier molecular flexibility index (Phi) is 7.64. The lowest BCUT2D eigenvalue weighted by molar-refractivity contribution is -0.219. The SMILES string of the molecule is CCC1(CC)C(=O)OC(Nc2cccc(Cl)c2CCO[Si](C)(C)C(C)(C)C)OC1=O. The van der Waals surface area contributed by atoms with Gasteiger partial charge in [0.1, 0.15) is 0 Å². The van der Waals surface area contributed by atoms with E-state index in [1.54, 1.807) is 26.0 Å². The van der Waals surface area contributed by atoms with Crippen LogP contribution in [0.2, 0.25) is 23.2 Å². The summed E-state index contributed by atoms with van der Waals surface area (Å²) in [6, 6.07) is 5.40. The fourth-order valence-electron chi connectivity index (χ4n) is 3.11. The molecule has 1 aromatic rings. The molecule has 0 amide bonds. The lowest BCUT2D eigenvalue weighted by Gasteiger charge is -2.36. The molecular formula is C22H34ClNO5Si. The highest BCUT2D eigenvalue weighted by atomic mass is 35.5. The van der Waals surface area contributed by atoms with E-state index in [4.69, 9.17) is 25.5 Å². The van der Waals surface area contributed by atoms with Gasteiger partial charge in [-0.3, -0.25) is 9.59 Å². The Bertz CT molecular complexity index is 766. The van der Waals surface area contributed by atoms with Gasteiger partial charge in [0.2, 0.25) is 0 Å². The maximum absolute atomic E-state index is 12.5. The average molecular weight is 456 g/mol. The molecule has 30 heavy (non-hydrogen) atoms. The number of hydrogen-bond donors (Lipinski definition) is 1. The second-order valence-electron chi connectivity index (χ2n) is 9.20. The van der Waals surface area contributed by atoms with Gasteiger partial charge < -0.3 is 19.2 Å². The number of carbonyl (C=O) groups is 2. The van der Waals surface area contributed by atoms with Crippen LogP contribution in [0.15, 0.2) is 18.2 Å². The predicted molar refractivity (Wildman–Crippen MR) is 121 cm³/mol. The first-order chi connectivity index (χ1) is 13.9. The number of halogens is 1. The Morgan fingerprint density at radius 3 is 2.20 bits per heavy atom. The molecule has 0 radical (unpaired) electrons. The second-order valence-corrected chi connectivity index (χ2v) is 14.4. The summed E-state index contributed by atoms with van der Waals surface area (Å²) in [5, 5.41) is 3.69. The van der Waals surface area contributed by atoms with Gasteiger partial charge in [0, 0.05) is 17.3 Å². The predicted octanol–water partition coefficient (Wildman–Crippen LogP) is 5.51.